The fraction of sp³-hybridized carbons (Fsp3) is 0.889. The van der Waals surface area contributed by atoms with Crippen molar-refractivity contribution < 1.29 is 5.11 Å². The van der Waals surface area contributed by atoms with Gasteiger partial charge in [0.2, 0.25) is 0 Å². The Labute approximate surface area is 121 Å². The molecule has 0 rings (SSSR count). The molecule has 19 heavy (non-hydrogen) atoms. The molecule has 0 aliphatic rings. The van der Waals surface area contributed by atoms with Gasteiger partial charge in [-0.05, 0) is 19.3 Å². The van der Waals surface area contributed by atoms with Crippen molar-refractivity contribution >= 4 is 0 Å². The molecule has 0 aromatic rings. The Hall–Kier alpha value is -0.480. The third-order valence-electron chi connectivity index (χ3n) is 3.49. The van der Waals surface area contributed by atoms with Gasteiger partial charge in [0.05, 0.1) is 0 Å². The summed E-state index contributed by atoms with van der Waals surface area (Å²) >= 11 is 0. The molecule has 0 atom stereocenters. The second kappa shape index (κ2) is 17.5. The van der Waals surface area contributed by atoms with Crippen LogP contribution in [0.1, 0.15) is 96.8 Å². The predicted molar refractivity (Wildman–Crippen MR) is 85.2 cm³/mol. The van der Waals surface area contributed by atoms with Crippen LogP contribution >= 0.6 is 0 Å². The van der Waals surface area contributed by atoms with E-state index in [0.717, 1.165) is 32.1 Å². The van der Waals surface area contributed by atoms with E-state index in [1.807, 2.05) is 0 Å². The van der Waals surface area contributed by atoms with Gasteiger partial charge in [-0.2, -0.15) is 0 Å². The van der Waals surface area contributed by atoms with E-state index in [4.69, 9.17) is 5.11 Å². The highest BCUT2D eigenvalue weighted by atomic mass is 16.2. The van der Waals surface area contributed by atoms with Crippen molar-refractivity contribution in [2.24, 2.45) is 0 Å². The van der Waals surface area contributed by atoms with Gasteiger partial charge in [-0.1, -0.05) is 64.7 Å². The SMILES string of the molecule is CCCCCCCCCCCC#CCCCCCO. The van der Waals surface area contributed by atoms with Gasteiger partial charge in [0.1, 0.15) is 0 Å². The van der Waals surface area contributed by atoms with Crippen molar-refractivity contribution in [1.29, 1.82) is 0 Å². The summed E-state index contributed by atoms with van der Waals surface area (Å²) in [4.78, 5) is 0. The number of hydrogen-bond donors (Lipinski definition) is 1. The number of unbranched alkanes of at least 4 members (excludes halogenated alkanes) is 12. The van der Waals surface area contributed by atoms with Gasteiger partial charge < -0.3 is 5.11 Å². The van der Waals surface area contributed by atoms with Gasteiger partial charge in [0, 0.05) is 19.4 Å². The van der Waals surface area contributed by atoms with Crippen molar-refractivity contribution in [2.75, 3.05) is 6.61 Å². The summed E-state index contributed by atoms with van der Waals surface area (Å²) in [6, 6.07) is 0. The lowest BCUT2D eigenvalue weighted by Crippen LogP contribution is -1.82. The summed E-state index contributed by atoms with van der Waals surface area (Å²) in [6.07, 6.45) is 17.8. The summed E-state index contributed by atoms with van der Waals surface area (Å²) in [6.45, 7) is 2.60. The van der Waals surface area contributed by atoms with Gasteiger partial charge in [-0.15, -0.1) is 11.8 Å². The van der Waals surface area contributed by atoms with Gasteiger partial charge in [0.15, 0.2) is 0 Å². The average Bonchev–Trinajstić information content (AvgIpc) is 2.43. The number of hydrogen-bond acceptors (Lipinski definition) is 1. The summed E-state index contributed by atoms with van der Waals surface area (Å²) in [5.41, 5.74) is 0. The molecule has 0 radical (unpaired) electrons. The highest BCUT2D eigenvalue weighted by Crippen LogP contribution is 2.10. The maximum absolute atomic E-state index is 8.63. The van der Waals surface area contributed by atoms with E-state index in [1.54, 1.807) is 0 Å². The van der Waals surface area contributed by atoms with Crippen LogP contribution in [0.3, 0.4) is 0 Å². The lowest BCUT2D eigenvalue weighted by Gasteiger charge is -2.00. The van der Waals surface area contributed by atoms with Crippen LogP contribution in [0.4, 0.5) is 0 Å². The fourth-order valence-electron chi connectivity index (χ4n) is 2.20. The van der Waals surface area contributed by atoms with Crippen LogP contribution in [0.15, 0.2) is 0 Å². The Kier molecular flexibility index (Phi) is 17.1. The van der Waals surface area contributed by atoms with Crippen molar-refractivity contribution in [3.05, 3.63) is 0 Å². The number of rotatable bonds is 13. The van der Waals surface area contributed by atoms with Crippen LogP contribution in [0.2, 0.25) is 0 Å². The second-order valence-electron chi connectivity index (χ2n) is 5.47. The van der Waals surface area contributed by atoms with Crippen LogP contribution in [0, 0.1) is 11.8 Å². The van der Waals surface area contributed by atoms with Crippen LogP contribution < -0.4 is 0 Å². The minimum Gasteiger partial charge on any atom is -0.396 e. The molecule has 0 amide bonds. The summed E-state index contributed by atoms with van der Waals surface area (Å²) in [5.74, 6) is 6.51. The van der Waals surface area contributed by atoms with E-state index >= 15 is 0 Å². The summed E-state index contributed by atoms with van der Waals surface area (Å²) in [7, 11) is 0. The topological polar surface area (TPSA) is 20.2 Å². The molecular formula is C18H34O. The van der Waals surface area contributed by atoms with Gasteiger partial charge in [-0.3, -0.25) is 0 Å². The van der Waals surface area contributed by atoms with Crippen molar-refractivity contribution in [1.82, 2.24) is 0 Å². The minimum atomic E-state index is 0.325. The molecular weight excluding hydrogens is 232 g/mol. The first-order chi connectivity index (χ1) is 9.41. The Morgan fingerprint density at radius 2 is 1.00 bits per heavy atom. The van der Waals surface area contributed by atoms with Gasteiger partial charge >= 0.3 is 0 Å². The van der Waals surface area contributed by atoms with E-state index < -0.39 is 0 Å². The second-order valence-corrected chi connectivity index (χ2v) is 5.47. The quantitative estimate of drug-likeness (QED) is 0.346. The lowest BCUT2D eigenvalue weighted by atomic mass is 10.1. The summed E-state index contributed by atoms with van der Waals surface area (Å²) < 4.78 is 0. The minimum absolute atomic E-state index is 0.325. The van der Waals surface area contributed by atoms with E-state index in [1.165, 1.54) is 57.8 Å². The zero-order chi connectivity index (χ0) is 14.0. The smallest absolute Gasteiger partial charge is 0.0431 e. The number of aliphatic hydroxyl groups is 1. The van der Waals surface area contributed by atoms with E-state index in [9.17, 15) is 0 Å². The Bertz CT molecular complexity index is 211. The molecule has 0 saturated carbocycles. The maximum atomic E-state index is 8.63. The standard InChI is InChI=1S/C18H34O/c1-2-3-4-5-6-7-8-9-10-11-12-13-14-15-16-17-18-19/h19H,2-11,14-18H2,1H3. The first kappa shape index (κ1) is 18.5. The highest BCUT2D eigenvalue weighted by Gasteiger charge is 1.91. The zero-order valence-electron chi connectivity index (χ0n) is 13.1. The predicted octanol–water partition coefficient (Wildman–Crippen LogP) is 5.46. The Morgan fingerprint density at radius 3 is 1.47 bits per heavy atom. The molecule has 1 nitrogen and oxygen atoms in total. The highest BCUT2D eigenvalue weighted by molar-refractivity contribution is 4.98. The van der Waals surface area contributed by atoms with Crippen LogP contribution in [0.5, 0.6) is 0 Å². The molecule has 0 bridgehead atoms. The zero-order valence-corrected chi connectivity index (χ0v) is 13.1. The maximum Gasteiger partial charge on any atom is 0.0431 e. The van der Waals surface area contributed by atoms with E-state index in [0.29, 0.717) is 6.61 Å². The third kappa shape index (κ3) is 17.5. The largest absolute Gasteiger partial charge is 0.396 e. The van der Waals surface area contributed by atoms with Crippen LogP contribution in [0.25, 0.3) is 0 Å². The number of aliphatic hydroxyl groups excluding tert-OH is 1. The molecule has 0 aromatic carbocycles. The van der Waals surface area contributed by atoms with Crippen molar-refractivity contribution in [2.45, 2.75) is 96.8 Å². The van der Waals surface area contributed by atoms with Crippen LogP contribution in [-0.2, 0) is 0 Å². The first-order valence-electron chi connectivity index (χ1n) is 8.48. The normalized spacial score (nSPS) is 10.2. The summed E-state index contributed by atoms with van der Waals surface area (Å²) in [5, 5.41) is 8.63. The molecule has 0 aliphatic heterocycles. The molecule has 112 valence electrons. The molecule has 0 aromatic heterocycles. The molecule has 0 aliphatic carbocycles. The monoisotopic (exact) mass is 266 g/mol. The van der Waals surface area contributed by atoms with Gasteiger partial charge in [0.25, 0.3) is 0 Å². The van der Waals surface area contributed by atoms with Gasteiger partial charge in [-0.25, -0.2) is 0 Å². The third-order valence-corrected chi connectivity index (χ3v) is 3.49. The molecule has 0 heterocycles. The molecule has 0 spiro atoms. The lowest BCUT2D eigenvalue weighted by molar-refractivity contribution is 0.283. The Balaban J connectivity index is 3.04. The van der Waals surface area contributed by atoms with Crippen molar-refractivity contribution in [3.63, 3.8) is 0 Å². The van der Waals surface area contributed by atoms with Crippen molar-refractivity contribution in [3.8, 4) is 11.8 Å². The molecule has 0 fully saturated rings. The molecule has 0 saturated heterocycles. The van der Waals surface area contributed by atoms with Crippen LogP contribution in [-0.4, -0.2) is 11.7 Å². The average molecular weight is 266 g/mol. The Morgan fingerprint density at radius 1 is 0.579 bits per heavy atom. The van der Waals surface area contributed by atoms with E-state index in [-0.39, 0.29) is 0 Å². The molecule has 1 heteroatoms. The molecule has 0 unspecified atom stereocenters. The first-order valence-corrected chi connectivity index (χ1v) is 8.48. The van der Waals surface area contributed by atoms with E-state index in [2.05, 4.69) is 18.8 Å². The fourth-order valence-corrected chi connectivity index (χ4v) is 2.20. The molecule has 1 N–H and O–H groups in total.